The molecule has 26 heavy (non-hydrogen) atoms. The number of carbonyl (C=O) groups excluding carboxylic acids is 2. The van der Waals surface area contributed by atoms with Gasteiger partial charge in [-0.25, -0.2) is 0 Å². The van der Waals surface area contributed by atoms with Crippen LogP contribution in [-0.2, 0) is 9.59 Å². The van der Waals surface area contributed by atoms with Crippen molar-refractivity contribution in [1.29, 1.82) is 0 Å². The van der Waals surface area contributed by atoms with Crippen molar-refractivity contribution in [3.05, 3.63) is 52.5 Å². The Morgan fingerprint density at radius 1 is 1.19 bits per heavy atom. The van der Waals surface area contributed by atoms with E-state index in [1.807, 2.05) is 32.0 Å². The van der Waals surface area contributed by atoms with Crippen LogP contribution < -0.4 is 15.0 Å². The maximum absolute atomic E-state index is 12.6. The SMILES string of the molecule is COc1ccc(Cl)cc1N1C[C@@H](C(=O)Nc2cc(C)cc(C)c2)CC1=O. The molecule has 0 spiro atoms. The molecule has 6 heteroatoms. The summed E-state index contributed by atoms with van der Waals surface area (Å²) >= 11 is 6.06. The van der Waals surface area contributed by atoms with Crippen LogP contribution >= 0.6 is 11.6 Å². The van der Waals surface area contributed by atoms with Gasteiger partial charge in [0.05, 0.1) is 18.7 Å². The summed E-state index contributed by atoms with van der Waals surface area (Å²) < 4.78 is 5.33. The Kier molecular flexibility index (Phi) is 5.18. The Hall–Kier alpha value is -2.53. The molecular weight excluding hydrogens is 352 g/mol. The standard InChI is InChI=1S/C20H21ClN2O3/c1-12-6-13(2)8-16(7-12)22-20(25)14-9-19(24)23(11-14)17-10-15(21)4-5-18(17)26-3/h4-8,10,14H,9,11H2,1-3H3,(H,22,25)/t14-/m0/s1. The zero-order chi connectivity index (χ0) is 18.8. The van der Waals surface area contributed by atoms with Gasteiger partial charge in [0.2, 0.25) is 11.8 Å². The molecule has 2 aromatic carbocycles. The van der Waals surface area contributed by atoms with Crippen LogP contribution in [0, 0.1) is 19.8 Å². The van der Waals surface area contributed by atoms with Gasteiger partial charge in [-0.1, -0.05) is 17.7 Å². The largest absolute Gasteiger partial charge is 0.495 e. The predicted molar refractivity (Wildman–Crippen MR) is 103 cm³/mol. The fraction of sp³-hybridized carbons (Fsp3) is 0.300. The summed E-state index contributed by atoms with van der Waals surface area (Å²) in [5.41, 5.74) is 3.49. The Balaban J connectivity index is 1.77. The van der Waals surface area contributed by atoms with Crippen molar-refractivity contribution in [3.8, 4) is 5.75 Å². The van der Waals surface area contributed by atoms with Gasteiger partial charge in [-0.05, 0) is 55.3 Å². The first-order valence-electron chi connectivity index (χ1n) is 8.40. The highest BCUT2D eigenvalue weighted by Gasteiger charge is 2.36. The number of ether oxygens (including phenoxy) is 1. The molecule has 3 rings (SSSR count). The van der Waals surface area contributed by atoms with E-state index in [0.717, 1.165) is 16.8 Å². The minimum Gasteiger partial charge on any atom is -0.495 e. The smallest absolute Gasteiger partial charge is 0.229 e. The molecule has 1 fully saturated rings. The normalized spacial score (nSPS) is 16.7. The van der Waals surface area contributed by atoms with Gasteiger partial charge in [-0.2, -0.15) is 0 Å². The average molecular weight is 373 g/mol. The first kappa shape index (κ1) is 18.3. The van der Waals surface area contributed by atoms with E-state index in [1.165, 1.54) is 7.11 Å². The molecular formula is C20H21ClN2O3. The lowest BCUT2D eigenvalue weighted by atomic mass is 10.1. The van der Waals surface area contributed by atoms with E-state index in [0.29, 0.717) is 23.0 Å². The number of amides is 2. The Morgan fingerprint density at radius 3 is 2.54 bits per heavy atom. The molecule has 1 aliphatic heterocycles. The number of carbonyl (C=O) groups is 2. The summed E-state index contributed by atoms with van der Waals surface area (Å²) in [7, 11) is 1.54. The number of methoxy groups -OCH3 is 1. The van der Waals surface area contributed by atoms with Crippen LogP contribution in [0.1, 0.15) is 17.5 Å². The number of nitrogens with zero attached hydrogens (tertiary/aromatic N) is 1. The lowest BCUT2D eigenvalue weighted by molar-refractivity contribution is -0.122. The van der Waals surface area contributed by atoms with Crippen LogP contribution in [0.4, 0.5) is 11.4 Å². The summed E-state index contributed by atoms with van der Waals surface area (Å²) in [6.45, 7) is 4.26. The van der Waals surface area contributed by atoms with Gasteiger partial charge in [0.1, 0.15) is 5.75 Å². The summed E-state index contributed by atoms with van der Waals surface area (Å²) in [5, 5.41) is 3.43. The molecule has 0 unspecified atom stereocenters. The first-order chi connectivity index (χ1) is 12.4. The number of rotatable bonds is 4. The van der Waals surface area contributed by atoms with Gasteiger partial charge >= 0.3 is 0 Å². The third kappa shape index (κ3) is 3.83. The van der Waals surface area contributed by atoms with Crippen molar-refractivity contribution in [1.82, 2.24) is 0 Å². The van der Waals surface area contributed by atoms with E-state index in [2.05, 4.69) is 5.32 Å². The lowest BCUT2D eigenvalue weighted by Gasteiger charge is -2.20. The van der Waals surface area contributed by atoms with Gasteiger partial charge in [0.15, 0.2) is 0 Å². The zero-order valence-electron chi connectivity index (χ0n) is 15.0. The van der Waals surface area contributed by atoms with Crippen molar-refractivity contribution in [2.75, 3.05) is 23.9 Å². The Bertz CT molecular complexity index is 846. The first-order valence-corrected chi connectivity index (χ1v) is 8.78. The number of benzene rings is 2. The molecule has 2 aromatic rings. The van der Waals surface area contributed by atoms with E-state index >= 15 is 0 Å². The number of hydrogen-bond acceptors (Lipinski definition) is 3. The number of hydrogen-bond donors (Lipinski definition) is 1. The van der Waals surface area contributed by atoms with Crippen molar-refractivity contribution in [2.24, 2.45) is 5.92 Å². The fourth-order valence-electron chi connectivity index (χ4n) is 3.28. The topological polar surface area (TPSA) is 58.6 Å². The Morgan fingerprint density at radius 2 is 1.88 bits per heavy atom. The van der Waals surface area contributed by atoms with Gasteiger partial charge in [-0.15, -0.1) is 0 Å². The molecule has 5 nitrogen and oxygen atoms in total. The number of aryl methyl sites for hydroxylation is 2. The maximum atomic E-state index is 12.6. The van der Waals surface area contributed by atoms with Crippen LogP contribution in [-0.4, -0.2) is 25.5 Å². The van der Waals surface area contributed by atoms with Crippen LogP contribution in [0.2, 0.25) is 5.02 Å². The zero-order valence-corrected chi connectivity index (χ0v) is 15.8. The molecule has 1 heterocycles. The third-order valence-electron chi connectivity index (χ3n) is 4.42. The van der Waals surface area contributed by atoms with E-state index in [-0.39, 0.29) is 18.2 Å². The highest BCUT2D eigenvalue weighted by atomic mass is 35.5. The number of nitrogens with one attached hydrogen (secondary N) is 1. The lowest BCUT2D eigenvalue weighted by Crippen LogP contribution is -2.28. The van der Waals surface area contributed by atoms with Gasteiger partial charge in [-0.3, -0.25) is 9.59 Å². The summed E-state index contributed by atoms with van der Waals surface area (Å²) in [5.74, 6) is -0.150. The van der Waals surface area contributed by atoms with Crippen LogP contribution in [0.15, 0.2) is 36.4 Å². The van der Waals surface area contributed by atoms with Crippen molar-refractivity contribution >= 4 is 34.8 Å². The molecule has 136 valence electrons. The molecule has 2 amide bonds. The molecule has 0 bridgehead atoms. The van der Waals surface area contributed by atoms with Crippen molar-refractivity contribution in [2.45, 2.75) is 20.3 Å². The molecule has 0 aliphatic carbocycles. The fourth-order valence-corrected chi connectivity index (χ4v) is 3.45. The van der Waals surface area contributed by atoms with Gasteiger partial charge in [0.25, 0.3) is 0 Å². The second-order valence-electron chi connectivity index (χ2n) is 6.59. The van der Waals surface area contributed by atoms with E-state index in [9.17, 15) is 9.59 Å². The molecule has 0 saturated carbocycles. The number of halogens is 1. The van der Waals surface area contributed by atoms with Crippen molar-refractivity contribution < 1.29 is 14.3 Å². The average Bonchev–Trinajstić information content (AvgIpc) is 2.95. The van der Waals surface area contributed by atoms with E-state index in [1.54, 1.807) is 23.1 Å². The summed E-state index contributed by atoms with van der Waals surface area (Å²) in [6.07, 6.45) is 0.159. The monoisotopic (exact) mass is 372 g/mol. The molecule has 1 N–H and O–H groups in total. The predicted octanol–water partition coefficient (Wildman–Crippen LogP) is 3.96. The maximum Gasteiger partial charge on any atom is 0.229 e. The molecule has 0 radical (unpaired) electrons. The van der Waals surface area contributed by atoms with Crippen molar-refractivity contribution in [3.63, 3.8) is 0 Å². The third-order valence-corrected chi connectivity index (χ3v) is 4.65. The molecule has 1 atom stereocenters. The molecule has 1 saturated heterocycles. The minimum absolute atomic E-state index is 0.119. The highest BCUT2D eigenvalue weighted by Crippen LogP contribution is 2.35. The molecule has 1 aliphatic rings. The second-order valence-corrected chi connectivity index (χ2v) is 7.02. The number of anilines is 2. The summed E-state index contributed by atoms with van der Waals surface area (Å²) in [6, 6.07) is 11.0. The van der Waals surface area contributed by atoms with E-state index < -0.39 is 5.92 Å². The highest BCUT2D eigenvalue weighted by molar-refractivity contribution is 6.31. The van der Waals surface area contributed by atoms with Gasteiger partial charge in [0, 0.05) is 23.7 Å². The van der Waals surface area contributed by atoms with Gasteiger partial charge < -0.3 is 15.0 Å². The van der Waals surface area contributed by atoms with Crippen LogP contribution in [0.3, 0.4) is 0 Å². The van der Waals surface area contributed by atoms with E-state index in [4.69, 9.17) is 16.3 Å². The summed E-state index contributed by atoms with van der Waals surface area (Å²) in [4.78, 5) is 26.7. The molecule has 0 aromatic heterocycles. The second kappa shape index (κ2) is 7.38. The van der Waals surface area contributed by atoms with Crippen LogP contribution in [0.5, 0.6) is 5.75 Å². The Labute approximate surface area is 157 Å². The minimum atomic E-state index is -0.424. The van der Waals surface area contributed by atoms with Crippen LogP contribution in [0.25, 0.3) is 0 Å². The quantitative estimate of drug-likeness (QED) is 0.883.